The van der Waals surface area contributed by atoms with Crippen molar-refractivity contribution in [2.45, 2.75) is 62.2 Å². The molecule has 0 aromatic rings. The fourth-order valence-corrected chi connectivity index (χ4v) is 2.33. The fourth-order valence-electron chi connectivity index (χ4n) is 2.33. The van der Waals surface area contributed by atoms with Crippen molar-refractivity contribution in [3.8, 4) is 0 Å². The summed E-state index contributed by atoms with van der Waals surface area (Å²) >= 11 is 0. The first kappa shape index (κ1) is 40.8. The summed E-state index contributed by atoms with van der Waals surface area (Å²) in [5, 5.41) is 0. The van der Waals surface area contributed by atoms with Gasteiger partial charge in [-0.3, -0.25) is 0 Å². The van der Waals surface area contributed by atoms with Crippen molar-refractivity contribution in [2.75, 3.05) is 13.2 Å². The number of hydrogen-bond acceptors (Lipinski definition) is 12. The third-order valence-corrected chi connectivity index (χ3v) is 4.02. The van der Waals surface area contributed by atoms with Crippen LogP contribution < -0.4 is 0 Å². The molecule has 0 aliphatic carbocycles. The monoisotopic (exact) mass is 704 g/mol. The average Bonchev–Trinajstić information content (AvgIpc) is 2.83. The standard InChI is InChI=1S/C18H11F15O12/c1-2-40-8(34)7(45-13(39)18(31,32)33)6(44-12(38)17(28,29)30)5(43-11(37)16(25,26)27)4(42-10(36)15(22,23)24)3-41-9(35)14(19,20)21/h4-7H,2-3H2,1H3. The number of carbonyl (C=O) groups is 6. The normalized spacial score (nSPS) is 15.5. The lowest BCUT2D eigenvalue weighted by molar-refractivity contribution is -0.251. The lowest BCUT2D eigenvalue weighted by Crippen LogP contribution is -2.58. The van der Waals surface area contributed by atoms with Crippen molar-refractivity contribution in [2.24, 2.45) is 0 Å². The first-order chi connectivity index (χ1) is 19.9. The molecular formula is C18H11F15O12. The second-order valence-corrected chi connectivity index (χ2v) is 7.35. The van der Waals surface area contributed by atoms with Gasteiger partial charge in [-0.1, -0.05) is 0 Å². The molecule has 4 atom stereocenters. The van der Waals surface area contributed by atoms with Gasteiger partial charge in [0.05, 0.1) is 6.61 Å². The quantitative estimate of drug-likeness (QED) is 0.176. The first-order valence-corrected chi connectivity index (χ1v) is 10.5. The van der Waals surface area contributed by atoms with E-state index in [1.54, 1.807) is 0 Å². The van der Waals surface area contributed by atoms with Crippen molar-refractivity contribution in [3.63, 3.8) is 0 Å². The number of ether oxygens (including phenoxy) is 6. The topological polar surface area (TPSA) is 158 Å². The molecule has 0 fully saturated rings. The Morgan fingerprint density at radius 2 is 0.800 bits per heavy atom. The zero-order valence-electron chi connectivity index (χ0n) is 20.8. The summed E-state index contributed by atoms with van der Waals surface area (Å²) in [6.07, 6.45) is -48.3. The van der Waals surface area contributed by atoms with Crippen LogP contribution in [0.25, 0.3) is 0 Å². The summed E-state index contributed by atoms with van der Waals surface area (Å²) in [4.78, 5) is 68.9. The lowest BCUT2D eigenvalue weighted by atomic mass is 10.0. The highest BCUT2D eigenvalue weighted by atomic mass is 19.4. The largest absolute Gasteiger partial charge is 0.490 e. The molecule has 260 valence electrons. The molecule has 0 saturated carbocycles. The van der Waals surface area contributed by atoms with Gasteiger partial charge in [0.1, 0.15) is 6.61 Å². The molecule has 4 unspecified atom stereocenters. The summed E-state index contributed by atoms with van der Waals surface area (Å²) in [6.45, 7) is -3.11. The van der Waals surface area contributed by atoms with Gasteiger partial charge in [0.2, 0.25) is 6.10 Å². The predicted molar refractivity (Wildman–Crippen MR) is 97.4 cm³/mol. The van der Waals surface area contributed by atoms with E-state index >= 15 is 0 Å². The molecule has 0 amide bonds. The van der Waals surface area contributed by atoms with Gasteiger partial charge in [-0.05, 0) is 6.92 Å². The molecule has 0 bridgehead atoms. The number of rotatable bonds is 11. The minimum atomic E-state index is -6.44. The zero-order valence-corrected chi connectivity index (χ0v) is 20.8. The number of carbonyl (C=O) groups excluding carboxylic acids is 6. The third-order valence-electron chi connectivity index (χ3n) is 4.02. The second-order valence-electron chi connectivity index (χ2n) is 7.35. The number of hydrogen-bond donors (Lipinski definition) is 0. The molecule has 0 aromatic heterocycles. The van der Waals surface area contributed by atoms with Gasteiger partial charge in [-0.25, -0.2) is 28.8 Å². The fraction of sp³-hybridized carbons (Fsp3) is 0.667. The SMILES string of the molecule is CCOC(=O)C(OC(=O)C(F)(F)F)C(OC(=O)C(F)(F)F)C(OC(=O)C(F)(F)F)C(COC(=O)C(F)(F)F)OC(=O)C(F)(F)F. The van der Waals surface area contributed by atoms with Crippen LogP contribution in [0.5, 0.6) is 0 Å². The predicted octanol–water partition coefficient (Wildman–Crippen LogP) is 2.55. The molecule has 0 saturated heterocycles. The van der Waals surface area contributed by atoms with E-state index in [4.69, 9.17) is 0 Å². The third kappa shape index (κ3) is 13.1. The molecule has 0 spiro atoms. The molecule has 0 aliphatic heterocycles. The first-order valence-electron chi connectivity index (χ1n) is 10.5. The maximum Gasteiger partial charge on any atom is 0.490 e. The van der Waals surface area contributed by atoms with E-state index in [9.17, 15) is 94.6 Å². The molecule has 12 nitrogen and oxygen atoms in total. The van der Waals surface area contributed by atoms with Crippen LogP contribution in [0.3, 0.4) is 0 Å². The Morgan fingerprint density at radius 3 is 1.16 bits per heavy atom. The zero-order chi connectivity index (χ0) is 35.9. The molecule has 0 N–H and O–H groups in total. The summed E-state index contributed by atoms with van der Waals surface area (Å²) < 4.78 is 213. The molecule has 0 rings (SSSR count). The van der Waals surface area contributed by atoms with E-state index in [1.807, 2.05) is 0 Å². The minimum Gasteiger partial charge on any atom is -0.463 e. The summed E-state index contributed by atoms with van der Waals surface area (Å²) in [6, 6.07) is 0. The van der Waals surface area contributed by atoms with Crippen LogP contribution >= 0.6 is 0 Å². The Kier molecular flexibility index (Phi) is 13.3. The van der Waals surface area contributed by atoms with E-state index < -0.39 is 104 Å². The van der Waals surface area contributed by atoms with Crippen molar-refractivity contribution < 1.29 is 123 Å². The van der Waals surface area contributed by atoms with E-state index in [0.29, 0.717) is 0 Å². The van der Waals surface area contributed by atoms with Gasteiger partial charge < -0.3 is 28.4 Å². The number of halogens is 15. The van der Waals surface area contributed by atoms with E-state index in [1.165, 1.54) is 0 Å². The summed E-state index contributed by atoms with van der Waals surface area (Å²) in [7, 11) is 0. The number of alkyl halides is 15. The Bertz CT molecular complexity index is 1100. The molecule has 27 heteroatoms. The van der Waals surface area contributed by atoms with Crippen LogP contribution in [0.1, 0.15) is 6.92 Å². The second kappa shape index (κ2) is 14.7. The van der Waals surface area contributed by atoms with Gasteiger partial charge in [0.15, 0.2) is 18.3 Å². The van der Waals surface area contributed by atoms with Crippen LogP contribution in [0.4, 0.5) is 65.9 Å². The van der Waals surface area contributed by atoms with Crippen LogP contribution in [-0.4, -0.2) is 104 Å². The van der Waals surface area contributed by atoms with Gasteiger partial charge >= 0.3 is 66.7 Å². The van der Waals surface area contributed by atoms with E-state index in [0.717, 1.165) is 6.92 Å². The van der Waals surface area contributed by atoms with Crippen LogP contribution in [0.2, 0.25) is 0 Å². The van der Waals surface area contributed by atoms with Gasteiger partial charge in [-0.15, -0.1) is 0 Å². The molecule has 0 heterocycles. The number of esters is 6. The van der Waals surface area contributed by atoms with Crippen molar-refractivity contribution in [3.05, 3.63) is 0 Å². The van der Waals surface area contributed by atoms with Crippen LogP contribution in [0, 0.1) is 0 Å². The van der Waals surface area contributed by atoms with Crippen molar-refractivity contribution in [1.82, 2.24) is 0 Å². The molecule has 45 heavy (non-hydrogen) atoms. The highest BCUT2D eigenvalue weighted by Crippen LogP contribution is 2.30. The molecule has 0 radical (unpaired) electrons. The maximum absolute atomic E-state index is 12.9. The highest BCUT2D eigenvalue weighted by Gasteiger charge is 2.57. The summed E-state index contributed by atoms with van der Waals surface area (Å²) in [5.74, 6) is -21.3. The Hall–Kier alpha value is -4.23. The van der Waals surface area contributed by atoms with Gasteiger partial charge in [0, 0.05) is 0 Å². The lowest BCUT2D eigenvalue weighted by Gasteiger charge is -2.35. The van der Waals surface area contributed by atoms with Crippen molar-refractivity contribution in [1.29, 1.82) is 0 Å². The van der Waals surface area contributed by atoms with Crippen LogP contribution in [0.15, 0.2) is 0 Å². The Morgan fingerprint density at radius 1 is 0.467 bits per heavy atom. The maximum atomic E-state index is 12.9. The summed E-state index contributed by atoms with van der Waals surface area (Å²) in [5.41, 5.74) is 0. The average molecular weight is 704 g/mol. The molecule has 0 aliphatic rings. The minimum absolute atomic E-state index is 0.739. The highest BCUT2D eigenvalue weighted by molar-refractivity contribution is 5.84. The van der Waals surface area contributed by atoms with E-state index in [2.05, 4.69) is 28.4 Å². The van der Waals surface area contributed by atoms with Gasteiger partial charge in [0.25, 0.3) is 0 Å². The van der Waals surface area contributed by atoms with E-state index in [-0.39, 0.29) is 0 Å². The molecular weight excluding hydrogens is 693 g/mol. The van der Waals surface area contributed by atoms with Crippen molar-refractivity contribution >= 4 is 35.8 Å². The smallest absolute Gasteiger partial charge is 0.463 e. The Balaban J connectivity index is 7.64. The Labute approximate surface area is 235 Å². The van der Waals surface area contributed by atoms with Gasteiger partial charge in [-0.2, -0.15) is 65.9 Å². The molecule has 0 aromatic carbocycles. The van der Waals surface area contributed by atoms with Crippen LogP contribution in [-0.2, 0) is 57.2 Å².